The summed E-state index contributed by atoms with van der Waals surface area (Å²) in [6.07, 6.45) is 3.34. The molecule has 0 radical (unpaired) electrons. The molecule has 0 bridgehead atoms. The normalized spacial score (nSPS) is 14.1. The third-order valence-electron chi connectivity index (χ3n) is 9.74. The Morgan fingerprint density at radius 3 is 1.11 bits per heavy atom. The molecule has 6 N–H and O–H groups in total. The van der Waals surface area contributed by atoms with Crippen LogP contribution in [0.1, 0.15) is 0 Å². The summed E-state index contributed by atoms with van der Waals surface area (Å²) in [5, 5.41) is 2.20. The Bertz CT molecular complexity index is 2180. The number of hydrogen-bond acceptors (Lipinski definition) is 16. The van der Waals surface area contributed by atoms with Crippen molar-refractivity contribution < 1.29 is 24.4 Å². The van der Waals surface area contributed by atoms with Crippen LogP contribution >= 0.6 is 23.2 Å². The van der Waals surface area contributed by atoms with Crippen LogP contribution in [-0.4, -0.2) is 116 Å². The van der Waals surface area contributed by atoms with Crippen LogP contribution < -0.4 is 50.0 Å². The maximum absolute atomic E-state index is 6.31. The molecule has 2 saturated heterocycles. The second-order valence-corrected chi connectivity index (χ2v) is 13.6. The lowest BCUT2D eigenvalue weighted by Gasteiger charge is -2.36. The van der Waals surface area contributed by atoms with Crippen molar-refractivity contribution in [3.63, 3.8) is 0 Å². The molecular formula is C38H44Cl2N12O5. The predicted molar refractivity (Wildman–Crippen MR) is 225 cm³/mol. The van der Waals surface area contributed by atoms with Crippen LogP contribution in [0.4, 0.5) is 34.6 Å². The van der Waals surface area contributed by atoms with Gasteiger partial charge in [0.05, 0.1) is 39.5 Å². The molecule has 0 amide bonds. The smallest absolute Gasteiger partial charge is 0.224 e. The molecule has 2 aliphatic rings. The number of ether oxygens (including phenoxy) is 4. The van der Waals surface area contributed by atoms with Gasteiger partial charge in [-0.25, -0.2) is 29.9 Å². The molecule has 6 heterocycles. The van der Waals surface area contributed by atoms with Gasteiger partial charge in [0.1, 0.15) is 23.3 Å². The highest BCUT2D eigenvalue weighted by atomic mass is 35.5. The number of piperazine rings is 2. The van der Waals surface area contributed by atoms with E-state index in [-0.39, 0.29) is 16.0 Å². The van der Waals surface area contributed by atoms with Gasteiger partial charge in [0.15, 0.2) is 23.0 Å². The molecular weight excluding hydrogens is 775 g/mol. The molecule has 17 nitrogen and oxygen atoms in total. The minimum absolute atomic E-state index is 0. The number of benzene rings is 2. The van der Waals surface area contributed by atoms with E-state index in [4.69, 9.17) is 63.6 Å². The van der Waals surface area contributed by atoms with Crippen LogP contribution in [0.3, 0.4) is 0 Å². The summed E-state index contributed by atoms with van der Waals surface area (Å²) >= 11 is 11.8. The Kier molecular flexibility index (Phi) is 12.7. The average Bonchev–Trinajstić information content (AvgIpc) is 3.23. The SMILES string of the molecule is COc1cc2nc(N3CCN(c4ccnc(Cl)n4)CC3)cc(N)c2cc1OC.COc1cc2nc(N3CCN(c4ccnc(Cl)n4)CC3)cc(N)c2cc1OC.O. The Hall–Kier alpha value is -6.04. The standard InChI is InChI=1S/2C19H21ClN6O2.H2O/c2*1-27-15-9-12-13(21)10-18(23-14(12)11-16(15)28-2)26-7-5-25(6-8-26)17-3-4-22-19(20)24-17;/h2*3-4,9-11H,5-8H2,1-2H3,(H2,21,23);1H2. The fraction of sp³-hybridized carbons (Fsp3) is 0.316. The minimum atomic E-state index is 0. The highest BCUT2D eigenvalue weighted by Crippen LogP contribution is 2.37. The summed E-state index contributed by atoms with van der Waals surface area (Å²) < 4.78 is 21.5. The van der Waals surface area contributed by atoms with Gasteiger partial charge < -0.3 is 55.5 Å². The monoisotopic (exact) mass is 818 g/mol. The summed E-state index contributed by atoms with van der Waals surface area (Å²) in [7, 11) is 6.42. The maximum Gasteiger partial charge on any atom is 0.224 e. The van der Waals surface area contributed by atoms with E-state index in [2.05, 4.69) is 39.5 Å². The molecule has 6 aromatic rings. The van der Waals surface area contributed by atoms with Crippen molar-refractivity contribution in [1.29, 1.82) is 0 Å². The molecule has 8 rings (SSSR count). The number of nitrogens with two attached hydrogens (primary N) is 2. The maximum atomic E-state index is 6.31. The zero-order chi connectivity index (χ0) is 39.3. The molecule has 0 saturated carbocycles. The van der Waals surface area contributed by atoms with Gasteiger partial charge in [-0.15, -0.1) is 0 Å². The third-order valence-corrected chi connectivity index (χ3v) is 10.1. The molecule has 4 aromatic heterocycles. The van der Waals surface area contributed by atoms with E-state index in [0.717, 1.165) is 97.4 Å². The predicted octanol–water partition coefficient (Wildman–Crippen LogP) is 4.38. The molecule has 2 fully saturated rings. The van der Waals surface area contributed by atoms with Crippen molar-refractivity contribution in [2.45, 2.75) is 0 Å². The van der Waals surface area contributed by atoms with Crippen LogP contribution in [0.25, 0.3) is 21.8 Å². The summed E-state index contributed by atoms with van der Waals surface area (Å²) in [5.41, 5.74) is 15.5. The second kappa shape index (κ2) is 17.8. The fourth-order valence-corrected chi connectivity index (χ4v) is 7.07. The lowest BCUT2D eigenvalue weighted by Crippen LogP contribution is -2.47. The van der Waals surface area contributed by atoms with Crippen LogP contribution in [0, 0.1) is 0 Å². The van der Waals surface area contributed by atoms with E-state index in [1.807, 2.05) is 48.5 Å². The number of pyridine rings is 2. The van der Waals surface area contributed by atoms with Crippen LogP contribution in [0.15, 0.2) is 60.9 Å². The molecule has 19 heteroatoms. The molecule has 0 atom stereocenters. The van der Waals surface area contributed by atoms with Crippen LogP contribution in [-0.2, 0) is 0 Å². The van der Waals surface area contributed by atoms with Gasteiger partial charge in [-0.05, 0) is 47.5 Å². The molecule has 0 aliphatic carbocycles. The van der Waals surface area contributed by atoms with Gasteiger partial charge in [0, 0.05) is 111 Å². The molecule has 2 aromatic carbocycles. The van der Waals surface area contributed by atoms with Gasteiger partial charge in [-0.1, -0.05) is 0 Å². The van der Waals surface area contributed by atoms with Crippen molar-refractivity contribution in [3.05, 3.63) is 71.5 Å². The lowest BCUT2D eigenvalue weighted by molar-refractivity contribution is 0.356. The Morgan fingerprint density at radius 2 is 0.789 bits per heavy atom. The lowest BCUT2D eigenvalue weighted by atomic mass is 10.1. The second-order valence-electron chi connectivity index (χ2n) is 12.9. The van der Waals surface area contributed by atoms with Crippen molar-refractivity contribution in [2.75, 3.05) is 112 Å². The number of hydrogen-bond donors (Lipinski definition) is 2. The Morgan fingerprint density at radius 1 is 0.474 bits per heavy atom. The van der Waals surface area contributed by atoms with E-state index in [1.165, 1.54) is 0 Å². The fourth-order valence-electron chi connectivity index (χ4n) is 6.79. The number of aromatic nitrogens is 6. The summed E-state index contributed by atoms with van der Waals surface area (Å²) in [4.78, 5) is 34.8. The first kappa shape index (κ1) is 40.6. The average molecular weight is 820 g/mol. The minimum Gasteiger partial charge on any atom is -0.493 e. The van der Waals surface area contributed by atoms with Crippen molar-refractivity contribution in [3.8, 4) is 23.0 Å². The van der Waals surface area contributed by atoms with E-state index in [1.54, 1.807) is 40.8 Å². The number of fused-ring (bicyclic) bond motifs is 2. The van der Waals surface area contributed by atoms with Crippen molar-refractivity contribution in [2.24, 2.45) is 0 Å². The number of halogens is 2. The first-order valence-corrected chi connectivity index (χ1v) is 18.5. The van der Waals surface area contributed by atoms with Crippen LogP contribution in [0.2, 0.25) is 10.6 Å². The molecule has 0 spiro atoms. The van der Waals surface area contributed by atoms with E-state index in [9.17, 15) is 0 Å². The zero-order valence-corrected chi connectivity index (χ0v) is 33.5. The van der Waals surface area contributed by atoms with E-state index in [0.29, 0.717) is 34.4 Å². The number of anilines is 6. The van der Waals surface area contributed by atoms with Gasteiger partial charge in [0.25, 0.3) is 0 Å². The number of methoxy groups -OCH3 is 4. The van der Waals surface area contributed by atoms with Gasteiger partial charge in [-0.2, -0.15) is 0 Å². The summed E-state index contributed by atoms with van der Waals surface area (Å²) in [6.45, 7) is 6.41. The van der Waals surface area contributed by atoms with Gasteiger partial charge in [-0.3, -0.25) is 0 Å². The van der Waals surface area contributed by atoms with Gasteiger partial charge in [0.2, 0.25) is 10.6 Å². The quantitative estimate of drug-likeness (QED) is 0.204. The van der Waals surface area contributed by atoms with Crippen LogP contribution in [0.5, 0.6) is 23.0 Å². The largest absolute Gasteiger partial charge is 0.493 e. The number of nitrogens with zero attached hydrogens (tertiary/aromatic N) is 10. The molecule has 0 unspecified atom stereocenters. The van der Waals surface area contributed by atoms with Crippen molar-refractivity contribution >= 4 is 79.7 Å². The molecule has 300 valence electrons. The molecule has 57 heavy (non-hydrogen) atoms. The first-order valence-electron chi connectivity index (χ1n) is 17.8. The topological polar surface area (TPSA) is 211 Å². The Balaban J connectivity index is 0.000000189. The summed E-state index contributed by atoms with van der Waals surface area (Å²) in [5.74, 6) is 5.89. The van der Waals surface area contributed by atoms with E-state index >= 15 is 0 Å². The third kappa shape index (κ3) is 8.85. The summed E-state index contributed by atoms with van der Waals surface area (Å²) in [6, 6.07) is 15.0. The van der Waals surface area contributed by atoms with E-state index < -0.39 is 0 Å². The zero-order valence-electron chi connectivity index (χ0n) is 31.9. The Labute approximate surface area is 339 Å². The number of rotatable bonds is 8. The highest BCUT2D eigenvalue weighted by Gasteiger charge is 2.23. The number of nitrogen functional groups attached to an aromatic ring is 2. The molecule has 2 aliphatic heterocycles. The van der Waals surface area contributed by atoms with Crippen molar-refractivity contribution in [1.82, 2.24) is 29.9 Å². The first-order chi connectivity index (χ1) is 27.2. The van der Waals surface area contributed by atoms with Gasteiger partial charge >= 0.3 is 0 Å². The highest BCUT2D eigenvalue weighted by molar-refractivity contribution is 6.28.